The van der Waals surface area contributed by atoms with Gasteiger partial charge in [0.1, 0.15) is 0 Å². The highest BCUT2D eigenvalue weighted by atomic mass is 16.3. The Morgan fingerprint density at radius 2 is 1.89 bits per heavy atom. The molecule has 19 heavy (non-hydrogen) atoms. The smallest absolute Gasteiger partial charge is 0.266 e. The molecule has 1 N–H and O–H groups in total. The summed E-state index contributed by atoms with van der Waals surface area (Å²) >= 11 is 0. The number of aliphatic hydroxyl groups is 1. The molecule has 0 bridgehead atoms. The molecule has 1 aromatic carbocycles. The first-order valence-electron chi connectivity index (χ1n) is 6.27. The lowest BCUT2D eigenvalue weighted by atomic mass is 10.0. The second-order valence-electron chi connectivity index (χ2n) is 4.85. The molecule has 1 unspecified atom stereocenters. The lowest BCUT2D eigenvalue weighted by Gasteiger charge is -2.13. The molecular formula is C15H18N2O2. The largest absolute Gasteiger partial charge is 0.386 e. The molecule has 2 rings (SSSR count). The average molecular weight is 258 g/mol. The van der Waals surface area contributed by atoms with E-state index < -0.39 is 6.10 Å². The first-order chi connectivity index (χ1) is 8.97. The van der Waals surface area contributed by atoms with Gasteiger partial charge in [-0.2, -0.15) is 5.10 Å². The third kappa shape index (κ3) is 3.09. The maximum Gasteiger partial charge on any atom is 0.266 e. The summed E-state index contributed by atoms with van der Waals surface area (Å²) in [6.07, 6.45) is -0.730. The number of aryl methyl sites for hydroxylation is 3. The maximum atomic E-state index is 11.6. The zero-order valence-corrected chi connectivity index (χ0v) is 11.4. The molecule has 0 aliphatic rings. The lowest BCUT2D eigenvalue weighted by molar-refractivity contribution is 0.149. The molecule has 0 fully saturated rings. The fourth-order valence-electron chi connectivity index (χ4n) is 1.92. The van der Waals surface area contributed by atoms with Gasteiger partial charge in [0.25, 0.3) is 5.56 Å². The zero-order chi connectivity index (χ0) is 14.0. The van der Waals surface area contributed by atoms with Crippen molar-refractivity contribution in [1.82, 2.24) is 9.78 Å². The maximum absolute atomic E-state index is 11.6. The Balaban J connectivity index is 2.25. The number of nitrogens with zero attached hydrogens (tertiary/aromatic N) is 2. The monoisotopic (exact) mass is 258 g/mol. The number of aromatic nitrogens is 2. The van der Waals surface area contributed by atoms with Gasteiger partial charge in [0.05, 0.1) is 18.3 Å². The fourth-order valence-corrected chi connectivity index (χ4v) is 1.92. The predicted molar refractivity (Wildman–Crippen MR) is 74.1 cm³/mol. The standard InChI is InChI=1S/C15H18N2O2/c1-10-4-6-13(8-11(10)2)14(18)9-17-15(19)7-5-12(3)16-17/h4-8,14,18H,9H2,1-3H3. The average Bonchev–Trinajstić information content (AvgIpc) is 2.37. The molecule has 0 saturated heterocycles. The molecule has 4 heteroatoms. The summed E-state index contributed by atoms with van der Waals surface area (Å²) in [7, 11) is 0. The molecule has 0 aliphatic carbocycles. The van der Waals surface area contributed by atoms with Crippen molar-refractivity contribution in [3.63, 3.8) is 0 Å². The first kappa shape index (κ1) is 13.5. The van der Waals surface area contributed by atoms with Crippen LogP contribution in [0, 0.1) is 20.8 Å². The summed E-state index contributed by atoms with van der Waals surface area (Å²) in [5, 5.41) is 14.3. The van der Waals surface area contributed by atoms with E-state index in [1.807, 2.05) is 39.0 Å². The normalized spacial score (nSPS) is 12.4. The van der Waals surface area contributed by atoms with Crippen LogP contribution in [-0.4, -0.2) is 14.9 Å². The second kappa shape index (κ2) is 5.36. The fraction of sp³-hybridized carbons (Fsp3) is 0.333. The molecule has 1 aromatic heterocycles. The molecule has 0 amide bonds. The summed E-state index contributed by atoms with van der Waals surface area (Å²) < 4.78 is 1.30. The van der Waals surface area contributed by atoms with E-state index in [0.717, 1.165) is 16.8 Å². The van der Waals surface area contributed by atoms with Crippen LogP contribution in [0.2, 0.25) is 0 Å². The highest BCUT2D eigenvalue weighted by molar-refractivity contribution is 5.31. The van der Waals surface area contributed by atoms with Crippen molar-refractivity contribution in [3.05, 3.63) is 63.1 Å². The predicted octanol–water partition coefficient (Wildman–Crippen LogP) is 1.90. The van der Waals surface area contributed by atoms with Gasteiger partial charge in [-0.3, -0.25) is 4.79 Å². The highest BCUT2D eigenvalue weighted by Crippen LogP contribution is 2.17. The van der Waals surface area contributed by atoms with Crippen LogP contribution in [0.1, 0.15) is 28.5 Å². The van der Waals surface area contributed by atoms with Crippen LogP contribution >= 0.6 is 0 Å². The minimum absolute atomic E-state index is 0.170. The minimum Gasteiger partial charge on any atom is -0.386 e. The van der Waals surface area contributed by atoms with Crippen LogP contribution in [0.5, 0.6) is 0 Å². The van der Waals surface area contributed by atoms with E-state index >= 15 is 0 Å². The molecule has 2 aromatic rings. The summed E-state index contributed by atoms with van der Waals surface area (Å²) in [6.45, 7) is 6.02. The topological polar surface area (TPSA) is 55.1 Å². The van der Waals surface area contributed by atoms with Crippen LogP contribution in [0.4, 0.5) is 0 Å². The van der Waals surface area contributed by atoms with E-state index in [4.69, 9.17) is 0 Å². The quantitative estimate of drug-likeness (QED) is 0.914. The van der Waals surface area contributed by atoms with Gasteiger partial charge in [0.2, 0.25) is 0 Å². The Bertz CT molecular complexity index is 647. The molecule has 0 spiro atoms. The zero-order valence-electron chi connectivity index (χ0n) is 11.4. The van der Waals surface area contributed by atoms with E-state index in [2.05, 4.69) is 5.10 Å². The lowest BCUT2D eigenvalue weighted by Crippen LogP contribution is -2.25. The van der Waals surface area contributed by atoms with Gasteiger partial charge in [0.15, 0.2) is 0 Å². The van der Waals surface area contributed by atoms with Crippen molar-refractivity contribution in [3.8, 4) is 0 Å². The van der Waals surface area contributed by atoms with Crippen LogP contribution in [0.15, 0.2) is 35.1 Å². The first-order valence-corrected chi connectivity index (χ1v) is 6.27. The van der Waals surface area contributed by atoms with Crippen LogP contribution < -0.4 is 5.56 Å². The number of rotatable bonds is 3. The van der Waals surface area contributed by atoms with Crippen molar-refractivity contribution >= 4 is 0 Å². The number of aliphatic hydroxyl groups excluding tert-OH is 1. The van der Waals surface area contributed by atoms with Crippen molar-refractivity contribution in [2.75, 3.05) is 0 Å². The molecular weight excluding hydrogens is 240 g/mol. The van der Waals surface area contributed by atoms with Gasteiger partial charge in [-0.1, -0.05) is 18.2 Å². The number of benzene rings is 1. The Hall–Kier alpha value is -1.94. The second-order valence-corrected chi connectivity index (χ2v) is 4.85. The van der Waals surface area contributed by atoms with Gasteiger partial charge in [-0.25, -0.2) is 4.68 Å². The summed E-state index contributed by atoms with van der Waals surface area (Å²) in [5.74, 6) is 0. The molecule has 0 saturated carbocycles. The number of hydrogen-bond donors (Lipinski definition) is 1. The van der Waals surface area contributed by atoms with Crippen molar-refractivity contribution in [2.45, 2.75) is 33.4 Å². The summed E-state index contributed by atoms with van der Waals surface area (Å²) in [5.41, 5.74) is 3.67. The van der Waals surface area contributed by atoms with Crippen molar-refractivity contribution in [1.29, 1.82) is 0 Å². The summed E-state index contributed by atoms with van der Waals surface area (Å²) in [6, 6.07) is 8.94. The van der Waals surface area contributed by atoms with Gasteiger partial charge >= 0.3 is 0 Å². The Morgan fingerprint density at radius 3 is 2.58 bits per heavy atom. The SMILES string of the molecule is Cc1ccc(=O)n(CC(O)c2ccc(C)c(C)c2)n1. The minimum atomic E-state index is -0.730. The molecule has 100 valence electrons. The Labute approximate surface area is 112 Å². The molecule has 1 atom stereocenters. The van der Waals surface area contributed by atoms with Crippen LogP contribution in [-0.2, 0) is 6.54 Å². The van der Waals surface area contributed by atoms with E-state index in [1.54, 1.807) is 6.07 Å². The van der Waals surface area contributed by atoms with E-state index in [9.17, 15) is 9.90 Å². The van der Waals surface area contributed by atoms with Gasteiger partial charge in [-0.15, -0.1) is 0 Å². The van der Waals surface area contributed by atoms with Crippen LogP contribution in [0.3, 0.4) is 0 Å². The molecule has 4 nitrogen and oxygen atoms in total. The van der Waals surface area contributed by atoms with Crippen molar-refractivity contribution in [2.24, 2.45) is 0 Å². The Morgan fingerprint density at radius 1 is 1.16 bits per heavy atom. The molecule has 0 aliphatic heterocycles. The van der Waals surface area contributed by atoms with Gasteiger partial charge < -0.3 is 5.11 Å². The van der Waals surface area contributed by atoms with Crippen LogP contribution in [0.25, 0.3) is 0 Å². The number of hydrogen-bond acceptors (Lipinski definition) is 3. The molecule has 0 radical (unpaired) electrons. The van der Waals surface area contributed by atoms with E-state index in [-0.39, 0.29) is 12.1 Å². The van der Waals surface area contributed by atoms with E-state index in [0.29, 0.717) is 0 Å². The third-order valence-corrected chi connectivity index (χ3v) is 3.26. The van der Waals surface area contributed by atoms with E-state index in [1.165, 1.54) is 16.3 Å². The Kier molecular flexibility index (Phi) is 3.81. The summed E-state index contributed by atoms with van der Waals surface area (Å²) in [4.78, 5) is 11.6. The van der Waals surface area contributed by atoms with Gasteiger partial charge in [0, 0.05) is 6.07 Å². The highest BCUT2D eigenvalue weighted by Gasteiger charge is 2.11. The van der Waals surface area contributed by atoms with Crippen molar-refractivity contribution < 1.29 is 5.11 Å². The van der Waals surface area contributed by atoms with Gasteiger partial charge in [-0.05, 0) is 43.5 Å². The molecule has 1 heterocycles. The third-order valence-electron chi connectivity index (χ3n) is 3.26.